The van der Waals surface area contributed by atoms with Gasteiger partial charge in [-0.2, -0.15) is 0 Å². The first-order chi connectivity index (χ1) is 13.0. The monoisotopic (exact) mass is 363 g/mol. The van der Waals surface area contributed by atoms with Crippen molar-refractivity contribution in [2.75, 3.05) is 5.32 Å². The SMILES string of the molecule is CC(C)CC(=O)Nc1cccc(CNCc2cc3ccccc3[nH]c2=O)c1. The Morgan fingerprint density at radius 3 is 2.67 bits per heavy atom. The summed E-state index contributed by atoms with van der Waals surface area (Å²) in [4.78, 5) is 27.0. The van der Waals surface area contributed by atoms with Crippen molar-refractivity contribution < 1.29 is 4.79 Å². The van der Waals surface area contributed by atoms with Crippen molar-refractivity contribution in [3.63, 3.8) is 0 Å². The number of H-pyrrole nitrogens is 1. The van der Waals surface area contributed by atoms with E-state index in [9.17, 15) is 9.59 Å². The molecule has 1 amide bonds. The molecular weight excluding hydrogens is 338 g/mol. The maximum absolute atomic E-state index is 12.2. The highest BCUT2D eigenvalue weighted by Crippen LogP contribution is 2.13. The van der Waals surface area contributed by atoms with Gasteiger partial charge in [-0.05, 0) is 41.1 Å². The largest absolute Gasteiger partial charge is 0.326 e. The average Bonchev–Trinajstić information content (AvgIpc) is 2.61. The molecule has 2 aromatic carbocycles. The molecule has 0 atom stereocenters. The molecule has 1 heterocycles. The van der Waals surface area contributed by atoms with Crippen LogP contribution in [0.1, 0.15) is 31.4 Å². The molecule has 27 heavy (non-hydrogen) atoms. The topological polar surface area (TPSA) is 74.0 Å². The van der Waals surface area contributed by atoms with E-state index in [0.717, 1.165) is 22.2 Å². The Morgan fingerprint density at radius 1 is 1.04 bits per heavy atom. The van der Waals surface area contributed by atoms with Gasteiger partial charge in [0.1, 0.15) is 0 Å². The molecule has 0 aliphatic rings. The molecule has 0 saturated heterocycles. The molecule has 0 unspecified atom stereocenters. The minimum absolute atomic E-state index is 0.0257. The summed E-state index contributed by atoms with van der Waals surface area (Å²) in [6.07, 6.45) is 0.507. The second-order valence-electron chi connectivity index (χ2n) is 7.16. The van der Waals surface area contributed by atoms with Crippen LogP contribution in [-0.4, -0.2) is 10.9 Å². The van der Waals surface area contributed by atoms with Crippen LogP contribution in [0.4, 0.5) is 5.69 Å². The molecule has 1 aromatic heterocycles. The molecule has 0 radical (unpaired) electrons. The van der Waals surface area contributed by atoms with E-state index in [1.807, 2.05) is 68.4 Å². The lowest BCUT2D eigenvalue weighted by Crippen LogP contribution is -2.21. The molecule has 5 nitrogen and oxygen atoms in total. The van der Waals surface area contributed by atoms with Crippen LogP contribution < -0.4 is 16.2 Å². The first-order valence-corrected chi connectivity index (χ1v) is 9.22. The molecule has 3 rings (SSSR count). The van der Waals surface area contributed by atoms with Crippen molar-refractivity contribution in [3.8, 4) is 0 Å². The lowest BCUT2D eigenvalue weighted by Gasteiger charge is -2.10. The van der Waals surface area contributed by atoms with Gasteiger partial charge in [-0.1, -0.05) is 44.2 Å². The minimum atomic E-state index is -0.0732. The fourth-order valence-corrected chi connectivity index (χ4v) is 3.01. The second-order valence-corrected chi connectivity index (χ2v) is 7.16. The summed E-state index contributed by atoms with van der Waals surface area (Å²) in [6, 6.07) is 17.4. The standard InChI is InChI=1S/C22H25N3O2/c1-15(2)10-21(26)24-19-8-5-6-16(11-19)13-23-14-18-12-17-7-3-4-9-20(17)25-22(18)27/h3-9,11-12,15,23H,10,13-14H2,1-2H3,(H,24,26)(H,25,27). The Labute approximate surface area is 158 Å². The van der Waals surface area contributed by atoms with E-state index in [4.69, 9.17) is 0 Å². The molecule has 5 heteroatoms. The predicted octanol–water partition coefficient (Wildman–Crippen LogP) is 3.80. The number of anilines is 1. The number of rotatable bonds is 7. The lowest BCUT2D eigenvalue weighted by molar-refractivity contribution is -0.116. The van der Waals surface area contributed by atoms with Gasteiger partial charge in [0.2, 0.25) is 5.91 Å². The zero-order chi connectivity index (χ0) is 19.2. The molecule has 0 aliphatic carbocycles. The molecule has 0 fully saturated rings. The van der Waals surface area contributed by atoms with Crippen molar-refractivity contribution in [2.24, 2.45) is 5.92 Å². The summed E-state index contributed by atoms with van der Waals surface area (Å²) in [6.45, 7) is 5.13. The van der Waals surface area contributed by atoms with Crippen LogP contribution in [0, 0.1) is 5.92 Å². The van der Waals surface area contributed by atoms with E-state index >= 15 is 0 Å². The number of aromatic nitrogens is 1. The molecule has 0 spiro atoms. The number of amides is 1. The van der Waals surface area contributed by atoms with E-state index < -0.39 is 0 Å². The maximum Gasteiger partial charge on any atom is 0.252 e. The number of para-hydroxylation sites is 1. The van der Waals surface area contributed by atoms with Crippen LogP contribution in [0.5, 0.6) is 0 Å². The number of pyridine rings is 1. The third-order valence-electron chi connectivity index (χ3n) is 4.28. The molecule has 0 aliphatic heterocycles. The Kier molecular flexibility index (Phi) is 6.04. The summed E-state index contributed by atoms with van der Waals surface area (Å²) < 4.78 is 0. The molecular formula is C22H25N3O2. The Morgan fingerprint density at radius 2 is 1.85 bits per heavy atom. The number of aromatic amines is 1. The highest BCUT2D eigenvalue weighted by Gasteiger charge is 2.06. The van der Waals surface area contributed by atoms with Crippen molar-refractivity contribution in [1.82, 2.24) is 10.3 Å². The maximum atomic E-state index is 12.2. The van der Waals surface area contributed by atoms with Gasteiger partial charge in [-0.25, -0.2) is 0 Å². The number of carbonyl (C=O) groups excluding carboxylic acids is 1. The second kappa shape index (κ2) is 8.64. The first-order valence-electron chi connectivity index (χ1n) is 9.22. The van der Waals surface area contributed by atoms with Crippen LogP contribution in [0.2, 0.25) is 0 Å². The number of benzene rings is 2. The lowest BCUT2D eigenvalue weighted by atomic mass is 10.1. The fraction of sp³-hybridized carbons (Fsp3) is 0.273. The van der Waals surface area contributed by atoms with Gasteiger partial charge in [0, 0.05) is 36.3 Å². The van der Waals surface area contributed by atoms with Gasteiger partial charge < -0.3 is 15.6 Å². The summed E-state index contributed by atoms with van der Waals surface area (Å²) in [5.74, 6) is 0.354. The van der Waals surface area contributed by atoms with Gasteiger partial charge >= 0.3 is 0 Å². The highest BCUT2D eigenvalue weighted by molar-refractivity contribution is 5.90. The smallest absolute Gasteiger partial charge is 0.252 e. The molecule has 3 aromatic rings. The van der Waals surface area contributed by atoms with E-state index in [-0.39, 0.29) is 11.5 Å². The Balaban J connectivity index is 1.61. The number of carbonyl (C=O) groups is 1. The van der Waals surface area contributed by atoms with Crippen LogP contribution >= 0.6 is 0 Å². The van der Waals surface area contributed by atoms with E-state index in [0.29, 0.717) is 31.0 Å². The van der Waals surface area contributed by atoms with Gasteiger partial charge in [0.05, 0.1) is 0 Å². The fourth-order valence-electron chi connectivity index (χ4n) is 3.01. The van der Waals surface area contributed by atoms with Crippen LogP contribution in [0.25, 0.3) is 10.9 Å². The summed E-state index contributed by atoms with van der Waals surface area (Å²) in [5, 5.41) is 7.25. The van der Waals surface area contributed by atoms with E-state index in [2.05, 4.69) is 15.6 Å². The highest BCUT2D eigenvalue weighted by atomic mass is 16.1. The average molecular weight is 363 g/mol. The quantitative estimate of drug-likeness (QED) is 0.598. The zero-order valence-electron chi connectivity index (χ0n) is 15.7. The number of hydrogen-bond donors (Lipinski definition) is 3. The normalized spacial score (nSPS) is 11.1. The van der Waals surface area contributed by atoms with E-state index in [1.54, 1.807) is 0 Å². The summed E-state index contributed by atoms with van der Waals surface area (Å²) in [5.41, 5.74) is 3.32. The minimum Gasteiger partial charge on any atom is -0.326 e. The molecule has 140 valence electrons. The first kappa shape index (κ1) is 18.9. The Hall–Kier alpha value is -2.92. The van der Waals surface area contributed by atoms with Crippen LogP contribution in [-0.2, 0) is 17.9 Å². The molecule has 0 saturated carbocycles. The Bertz CT molecular complexity index is 992. The van der Waals surface area contributed by atoms with Gasteiger partial charge in [0.15, 0.2) is 0 Å². The van der Waals surface area contributed by atoms with Crippen molar-refractivity contribution in [3.05, 3.63) is 76.1 Å². The third kappa shape index (κ3) is 5.28. The van der Waals surface area contributed by atoms with Gasteiger partial charge in [-0.15, -0.1) is 0 Å². The molecule has 0 bridgehead atoms. The number of nitrogens with one attached hydrogen (secondary N) is 3. The van der Waals surface area contributed by atoms with Crippen molar-refractivity contribution in [1.29, 1.82) is 0 Å². The predicted molar refractivity (Wildman–Crippen MR) is 110 cm³/mol. The van der Waals surface area contributed by atoms with Crippen LogP contribution in [0.3, 0.4) is 0 Å². The van der Waals surface area contributed by atoms with Crippen molar-refractivity contribution >= 4 is 22.5 Å². The van der Waals surface area contributed by atoms with Crippen LogP contribution in [0.15, 0.2) is 59.4 Å². The summed E-state index contributed by atoms with van der Waals surface area (Å²) in [7, 11) is 0. The van der Waals surface area contributed by atoms with Crippen molar-refractivity contribution in [2.45, 2.75) is 33.4 Å². The zero-order valence-corrected chi connectivity index (χ0v) is 15.7. The summed E-state index contributed by atoms with van der Waals surface area (Å²) >= 11 is 0. The third-order valence-corrected chi connectivity index (χ3v) is 4.28. The van der Waals surface area contributed by atoms with Gasteiger partial charge in [0.25, 0.3) is 5.56 Å². The number of hydrogen-bond acceptors (Lipinski definition) is 3. The van der Waals surface area contributed by atoms with Gasteiger partial charge in [-0.3, -0.25) is 9.59 Å². The molecule has 3 N–H and O–H groups in total. The number of fused-ring (bicyclic) bond motifs is 1. The van der Waals surface area contributed by atoms with E-state index in [1.165, 1.54) is 0 Å².